The molecule has 1 saturated heterocycles. The highest BCUT2D eigenvalue weighted by molar-refractivity contribution is 7.11. The van der Waals surface area contributed by atoms with Crippen LogP contribution in [-0.4, -0.2) is 24.7 Å². The standard InChI is InChI=1S/C9H14N2OS/c1-12-9-11-8(6-13-9)5-7-3-2-4-10-7/h6-7,10H,2-5H2,1H3. The Morgan fingerprint density at radius 2 is 2.69 bits per heavy atom. The highest BCUT2D eigenvalue weighted by atomic mass is 32.1. The summed E-state index contributed by atoms with van der Waals surface area (Å²) in [6.07, 6.45) is 3.62. The van der Waals surface area contributed by atoms with Crippen molar-refractivity contribution < 1.29 is 4.74 Å². The summed E-state index contributed by atoms with van der Waals surface area (Å²) in [6, 6.07) is 0.631. The third-order valence-electron chi connectivity index (χ3n) is 2.32. The molecular weight excluding hydrogens is 184 g/mol. The van der Waals surface area contributed by atoms with Gasteiger partial charge in [-0.1, -0.05) is 11.3 Å². The number of thiazole rings is 1. The van der Waals surface area contributed by atoms with Crippen molar-refractivity contribution >= 4 is 11.3 Å². The van der Waals surface area contributed by atoms with E-state index in [0.717, 1.165) is 23.9 Å². The van der Waals surface area contributed by atoms with E-state index in [-0.39, 0.29) is 0 Å². The van der Waals surface area contributed by atoms with Gasteiger partial charge in [-0.15, -0.1) is 0 Å². The Morgan fingerprint density at radius 3 is 3.31 bits per heavy atom. The minimum atomic E-state index is 0.631. The maximum absolute atomic E-state index is 5.05. The summed E-state index contributed by atoms with van der Waals surface area (Å²) in [4.78, 5) is 4.35. The number of nitrogens with zero attached hydrogens (tertiary/aromatic N) is 1. The molecule has 1 atom stereocenters. The molecule has 0 aliphatic carbocycles. The van der Waals surface area contributed by atoms with Crippen LogP contribution in [0.25, 0.3) is 0 Å². The maximum Gasteiger partial charge on any atom is 0.273 e. The second kappa shape index (κ2) is 4.07. The fraction of sp³-hybridized carbons (Fsp3) is 0.667. The number of aromatic nitrogens is 1. The van der Waals surface area contributed by atoms with Crippen LogP contribution in [-0.2, 0) is 6.42 Å². The summed E-state index contributed by atoms with van der Waals surface area (Å²) < 4.78 is 5.05. The van der Waals surface area contributed by atoms with Gasteiger partial charge >= 0.3 is 0 Å². The van der Waals surface area contributed by atoms with Gasteiger partial charge in [-0.25, -0.2) is 4.98 Å². The van der Waals surface area contributed by atoms with Crippen LogP contribution in [0.2, 0.25) is 0 Å². The first-order valence-electron chi connectivity index (χ1n) is 4.60. The summed E-state index contributed by atoms with van der Waals surface area (Å²) in [5.74, 6) is 0. The summed E-state index contributed by atoms with van der Waals surface area (Å²) in [7, 11) is 1.66. The van der Waals surface area contributed by atoms with Crippen molar-refractivity contribution in [2.45, 2.75) is 25.3 Å². The second-order valence-corrected chi connectivity index (χ2v) is 4.13. The van der Waals surface area contributed by atoms with Gasteiger partial charge in [0, 0.05) is 17.8 Å². The van der Waals surface area contributed by atoms with Gasteiger partial charge in [0.25, 0.3) is 5.19 Å². The molecule has 1 aliphatic heterocycles. The average Bonchev–Trinajstić information content (AvgIpc) is 2.76. The van der Waals surface area contributed by atoms with E-state index in [0.29, 0.717) is 6.04 Å². The highest BCUT2D eigenvalue weighted by Crippen LogP contribution is 2.19. The quantitative estimate of drug-likeness (QED) is 0.798. The lowest BCUT2D eigenvalue weighted by Gasteiger charge is -2.06. The molecule has 72 valence electrons. The monoisotopic (exact) mass is 198 g/mol. The van der Waals surface area contributed by atoms with E-state index in [4.69, 9.17) is 4.74 Å². The number of hydrogen-bond acceptors (Lipinski definition) is 4. The first-order chi connectivity index (χ1) is 6.38. The van der Waals surface area contributed by atoms with Crippen LogP contribution in [0.4, 0.5) is 0 Å². The van der Waals surface area contributed by atoms with Crippen molar-refractivity contribution in [1.29, 1.82) is 0 Å². The normalized spacial score (nSPS) is 22.1. The van der Waals surface area contributed by atoms with Gasteiger partial charge in [0.05, 0.1) is 12.8 Å². The fourth-order valence-corrected chi connectivity index (χ4v) is 2.31. The Bertz CT molecular complexity index is 268. The Morgan fingerprint density at radius 1 is 1.77 bits per heavy atom. The van der Waals surface area contributed by atoms with Gasteiger partial charge in [-0.3, -0.25) is 0 Å². The number of rotatable bonds is 3. The lowest BCUT2D eigenvalue weighted by atomic mass is 10.1. The molecule has 1 aliphatic rings. The molecule has 1 unspecified atom stereocenters. The number of nitrogens with one attached hydrogen (secondary N) is 1. The summed E-state index contributed by atoms with van der Waals surface area (Å²) in [5.41, 5.74) is 1.15. The molecule has 0 saturated carbocycles. The van der Waals surface area contributed by atoms with Crippen LogP contribution >= 0.6 is 11.3 Å². The molecule has 2 heterocycles. The zero-order valence-corrected chi connectivity index (χ0v) is 8.56. The topological polar surface area (TPSA) is 34.1 Å². The number of methoxy groups -OCH3 is 1. The van der Waals surface area contributed by atoms with E-state index in [9.17, 15) is 0 Å². The molecule has 0 aromatic carbocycles. The van der Waals surface area contributed by atoms with Crippen LogP contribution in [0, 0.1) is 0 Å². The van der Waals surface area contributed by atoms with Gasteiger partial charge in [-0.2, -0.15) is 0 Å². The maximum atomic E-state index is 5.05. The van der Waals surface area contributed by atoms with E-state index in [1.165, 1.54) is 12.8 Å². The molecule has 1 N–H and O–H groups in total. The van der Waals surface area contributed by atoms with Crippen molar-refractivity contribution in [3.8, 4) is 5.19 Å². The van der Waals surface area contributed by atoms with Gasteiger partial charge in [0.1, 0.15) is 0 Å². The molecule has 1 aromatic rings. The Labute approximate surface area is 82.1 Å². The van der Waals surface area contributed by atoms with Crippen molar-refractivity contribution in [3.63, 3.8) is 0 Å². The summed E-state index contributed by atoms with van der Waals surface area (Å²) >= 11 is 1.57. The molecule has 2 rings (SSSR count). The number of hydrogen-bond donors (Lipinski definition) is 1. The number of ether oxygens (including phenoxy) is 1. The molecule has 0 bridgehead atoms. The molecular formula is C9H14N2OS. The first-order valence-corrected chi connectivity index (χ1v) is 5.48. The molecule has 3 nitrogen and oxygen atoms in total. The lowest BCUT2D eigenvalue weighted by Crippen LogP contribution is -2.23. The minimum Gasteiger partial charge on any atom is -0.473 e. The fourth-order valence-electron chi connectivity index (χ4n) is 1.66. The van der Waals surface area contributed by atoms with Gasteiger partial charge in [0.2, 0.25) is 0 Å². The molecule has 0 radical (unpaired) electrons. The van der Waals surface area contributed by atoms with E-state index in [2.05, 4.69) is 15.7 Å². The van der Waals surface area contributed by atoms with Crippen molar-refractivity contribution in [2.24, 2.45) is 0 Å². The zero-order chi connectivity index (χ0) is 9.10. The molecule has 13 heavy (non-hydrogen) atoms. The van der Waals surface area contributed by atoms with Gasteiger partial charge in [-0.05, 0) is 19.4 Å². The highest BCUT2D eigenvalue weighted by Gasteiger charge is 2.15. The lowest BCUT2D eigenvalue weighted by molar-refractivity contribution is 0.410. The first kappa shape index (κ1) is 8.97. The van der Waals surface area contributed by atoms with E-state index < -0.39 is 0 Å². The Balaban J connectivity index is 1.92. The van der Waals surface area contributed by atoms with Gasteiger partial charge < -0.3 is 10.1 Å². The van der Waals surface area contributed by atoms with Crippen molar-refractivity contribution in [1.82, 2.24) is 10.3 Å². The van der Waals surface area contributed by atoms with Crippen LogP contribution in [0.1, 0.15) is 18.5 Å². The van der Waals surface area contributed by atoms with Crippen molar-refractivity contribution in [3.05, 3.63) is 11.1 Å². The summed E-state index contributed by atoms with van der Waals surface area (Å²) in [6.45, 7) is 1.16. The van der Waals surface area contributed by atoms with E-state index in [1.54, 1.807) is 18.4 Å². The molecule has 4 heteroatoms. The van der Waals surface area contributed by atoms with Crippen LogP contribution in [0.5, 0.6) is 5.19 Å². The molecule has 1 aromatic heterocycles. The minimum absolute atomic E-state index is 0.631. The Hall–Kier alpha value is -0.610. The molecule has 1 fully saturated rings. The van der Waals surface area contributed by atoms with E-state index >= 15 is 0 Å². The Kier molecular flexibility index (Phi) is 2.80. The SMILES string of the molecule is COc1nc(CC2CCCN2)cs1. The smallest absolute Gasteiger partial charge is 0.273 e. The van der Waals surface area contributed by atoms with Crippen molar-refractivity contribution in [2.75, 3.05) is 13.7 Å². The largest absolute Gasteiger partial charge is 0.473 e. The second-order valence-electron chi connectivity index (χ2n) is 3.31. The molecule has 0 spiro atoms. The third-order valence-corrected chi connectivity index (χ3v) is 3.17. The summed E-state index contributed by atoms with van der Waals surface area (Å²) in [5, 5.41) is 6.31. The average molecular weight is 198 g/mol. The zero-order valence-electron chi connectivity index (χ0n) is 7.75. The van der Waals surface area contributed by atoms with E-state index in [1.807, 2.05) is 0 Å². The third kappa shape index (κ3) is 2.19. The molecule has 0 amide bonds. The van der Waals surface area contributed by atoms with Crippen LogP contribution in [0.15, 0.2) is 5.38 Å². The predicted molar refractivity (Wildman–Crippen MR) is 53.4 cm³/mol. The van der Waals surface area contributed by atoms with Crippen LogP contribution < -0.4 is 10.1 Å². The van der Waals surface area contributed by atoms with Crippen LogP contribution in [0.3, 0.4) is 0 Å². The van der Waals surface area contributed by atoms with Gasteiger partial charge in [0.15, 0.2) is 0 Å². The predicted octanol–water partition coefficient (Wildman–Crippen LogP) is 1.45.